The van der Waals surface area contributed by atoms with Gasteiger partial charge in [-0.25, -0.2) is 4.79 Å². The van der Waals surface area contributed by atoms with E-state index in [9.17, 15) is 4.79 Å². The predicted molar refractivity (Wildman–Crippen MR) is 60.7 cm³/mol. The zero-order valence-electron chi connectivity index (χ0n) is 8.49. The molecule has 4 nitrogen and oxygen atoms in total. The van der Waals surface area contributed by atoms with Crippen LogP contribution >= 0.6 is 11.6 Å². The Balaban J connectivity index is 2.66. The van der Waals surface area contributed by atoms with Gasteiger partial charge in [0, 0.05) is 11.3 Å². The molecule has 0 fully saturated rings. The van der Waals surface area contributed by atoms with Crippen LogP contribution in [0.1, 0.15) is 16.1 Å². The van der Waals surface area contributed by atoms with Crippen LogP contribution in [-0.4, -0.2) is 21.3 Å². The Labute approximate surface area is 96.9 Å². The molecule has 0 aliphatic rings. The summed E-state index contributed by atoms with van der Waals surface area (Å²) in [4.78, 5) is 11.1. The number of aromatic nitrogens is 2. The summed E-state index contributed by atoms with van der Waals surface area (Å²) >= 11 is 6.00. The standard InChI is InChI=1S/C11H9ClN2O2/c1-6-9(11(15)16)10(14-13-6)7-4-2-3-5-8(7)12/h2-5H,1H3,(H,13,14)(H,15,16). The van der Waals surface area contributed by atoms with Gasteiger partial charge in [-0.3, -0.25) is 5.10 Å². The topological polar surface area (TPSA) is 66.0 Å². The first-order valence-electron chi connectivity index (χ1n) is 4.64. The van der Waals surface area contributed by atoms with Gasteiger partial charge in [0.25, 0.3) is 0 Å². The highest BCUT2D eigenvalue weighted by atomic mass is 35.5. The summed E-state index contributed by atoms with van der Waals surface area (Å²) in [6.45, 7) is 1.66. The number of nitrogens with zero attached hydrogens (tertiary/aromatic N) is 1. The van der Waals surface area contributed by atoms with Gasteiger partial charge in [0.15, 0.2) is 0 Å². The molecule has 0 radical (unpaired) electrons. The number of carbonyl (C=O) groups is 1. The number of hydrogen-bond acceptors (Lipinski definition) is 2. The summed E-state index contributed by atoms with van der Waals surface area (Å²) < 4.78 is 0. The predicted octanol–water partition coefficient (Wildman–Crippen LogP) is 2.74. The lowest BCUT2D eigenvalue weighted by Crippen LogP contribution is -1.99. The summed E-state index contributed by atoms with van der Waals surface area (Å²) in [5.41, 5.74) is 1.66. The van der Waals surface area contributed by atoms with Gasteiger partial charge >= 0.3 is 5.97 Å². The fourth-order valence-corrected chi connectivity index (χ4v) is 1.76. The first kappa shape index (κ1) is 10.7. The van der Waals surface area contributed by atoms with Gasteiger partial charge in [-0.05, 0) is 13.0 Å². The van der Waals surface area contributed by atoms with E-state index in [-0.39, 0.29) is 5.56 Å². The minimum Gasteiger partial charge on any atom is -0.478 e. The van der Waals surface area contributed by atoms with Crippen LogP contribution in [0.2, 0.25) is 5.02 Å². The maximum atomic E-state index is 11.1. The molecule has 5 heteroatoms. The third-order valence-corrected chi connectivity index (χ3v) is 2.62. The lowest BCUT2D eigenvalue weighted by atomic mass is 10.1. The van der Waals surface area contributed by atoms with Crippen LogP contribution in [0.3, 0.4) is 0 Å². The first-order valence-corrected chi connectivity index (χ1v) is 5.02. The van der Waals surface area contributed by atoms with Gasteiger partial charge in [0.05, 0.1) is 5.02 Å². The normalized spacial score (nSPS) is 10.4. The third-order valence-electron chi connectivity index (χ3n) is 2.29. The molecule has 0 unspecified atom stereocenters. The van der Waals surface area contributed by atoms with Crippen molar-refractivity contribution in [2.75, 3.05) is 0 Å². The molecule has 0 aliphatic carbocycles. The average molecular weight is 237 g/mol. The number of benzene rings is 1. The molecule has 0 spiro atoms. The molecule has 0 atom stereocenters. The van der Waals surface area contributed by atoms with Crippen molar-refractivity contribution in [2.45, 2.75) is 6.92 Å². The van der Waals surface area contributed by atoms with Gasteiger partial charge in [0.2, 0.25) is 0 Å². The van der Waals surface area contributed by atoms with Crippen molar-refractivity contribution in [1.82, 2.24) is 10.2 Å². The number of hydrogen-bond donors (Lipinski definition) is 2. The second kappa shape index (κ2) is 3.98. The van der Waals surface area contributed by atoms with Gasteiger partial charge < -0.3 is 5.11 Å². The molecule has 0 saturated heterocycles. The molecule has 0 aliphatic heterocycles. The van der Waals surface area contributed by atoms with Crippen LogP contribution in [0.15, 0.2) is 24.3 Å². The number of aromatic carboxylic acids is 1. The SMILES string of the molecule is Cc1[nH]nc(-c2ccccc2Cl)c1C(=O)O. The molecule has 0 saturated carbocycles. The van der Waals surface area contributed by atoms with Crippen LogP contribution in [0, 0.1) is 6.92 Å². The summed E-state index contributed by atoms with van der Waals surface area (Å²) in [6, 6.07) is 7.01. The van der Waals surface area contributed by atoms with E-state index >= 15 is 0 Å². The number of aryl methyl sites for hydroxylation is 1. The van der Waals surface area contributed by atoms with Crippen LogP contribution in [0.5, 0.6) is 0 Å². The maximum Gasteiger partial charge on any atom is 0.339 e. The van der Waals surface area contributed by atoms with E-state index in [1.165, 1.54) is 0 Å². The van der Waals surface area contributed by atoms with Crippen molar-refractivity contribution in [3.05, 3.63) is 40.5 Å². The molecule has 2 N–H and O–H groups in total. The Morgan fingerprint density at radius 1 is 1.44 bits per heavy atom. The Morgan fingerprint density at radius 3 is 2.75 bits per heavy atom. The van der Waals surface area contributed by atoms with Gasteiger partial charge in [-0.2, -0.15) is 5.10 Å². The zero-order valence-corrected chi connectivity index (χ0v) is 9.25. The number of aromatic amines is 1. The summed E-state index contributed by atoms with van der Waals surface area (Å²) in [5, 5.41) is 16.2. The maximum absolute atomic E-state index is 11.1. The molecule has 16 heavy (non-hydrogen) atoms. The lowest BCUT2D eigenvalue weighted by Gasteiger charge is -2.01. The highest BCUT2D eigenvalue weighted by Gasteiger charge is 2.19. The van der Waals surface area contributed by atoms with E-state index in [4.69, 9.17) is 16.7 Å². The largest absolute Gasteiger partial charge is 0.478 e. The van der Waals surface area contributed by atoms with Crippen LogP contribution in [0.25, 0.3) is 11.3 Å². The molecule has 0 bridgehead atoms. The van der Waals surface area contributed by atoms with Gasteiger partial charge in [0.1, 0.15) is 11.3 Å². The van der Waals surface area contributed by atoms with E-state index in [2.05, 4.69) is 10.2 Å². The van der Waals surface area contributed by atoms with E-state index in [0.717, 1.165) is 0 Å². The molecule has 1 heterocycles. The van der Waals surface area contributed by atoms with Gasteiger partial charge in [-0.15, -0.1) is 0 Å². The Hall–Kier alpha value is -1.81. The van der Waals surface area contributed by atoms with E-state index in [1.807, 2.05) is 0 Å². The van der Waals surface area contributed by atoms with Crippen molar-refractivity contribution >= 4 is 17.6 Å². The van der Waals surface area contributed by atoms with E-state index < -0.39 is 5.97 Å². The summed E-state index contributed by atoms with van der Waals surface area (Å²) in [6.07, 6.45) is 0. The molecule has 1 aromatic heterocycles. The zero-order chi connectivity index (χ0) is 11.7. The van der Waals surface area contributed by atoms with Gasteiger partial charge in [-0.1, -0.05) is 29.8 Å². The lowest BCUT2D eigenvalue weighted by molar-refractivity contribution is 0.0697. The van der Waals surface area contributed by atoms with Crippen LogP contribution < -0.4 is 0 Å². The molecular formula is C11H9ClN2O2. The minimum absolute atomic E-state index is 0.160. The summed E-state index contributed by atoms with van der Waals surface area (Å²) in [5.74, 6) is -1.01. The quantitative estimate of drug-likeness (QED) is 0.843. The molecule has 2 aromatic rings. The molecule has 82 valence electrons. The number of H-pyrrole nitrogens is 1. The molecule has 0 amide bonds. The highest BCUT2D eigenvalue weighted by Crippen LogP contribution is 2.29. The number of halogens is 1. The Morgan fingerprint density at radius 2 is 2.12 bits per heavy atom. The van der Waals surface area contributed by atoms with E-state index in [1.54, 1.807) is 31.2 Å². The fraction of sp³-hybridized carbons (Fsp3) is 0.0909. The Bertz CT molecular complexity index is 549. The Kier molecular flexibility index (Phi) is 2.66. The number of rotatable bonds is 2. The fourth-order valence-electron chi connectivity index (χ4n) is 1.54. The van der Waals surface area contributed by atoms with Crippen molar-refractivity contribution in [3.63, 3.8) is 0 Å². The number of carboxylic acids is 1. The minimum atomic E-state index is -1.01. The summed E-state index contributed by atoms with van der Waals surface area (Å²) in [7, 11) is 0. The molecule has 2 rings (SSSR count). The smallest absolute Gasteiger partial charge is 0.339 e. The second-order valence-electron chi connectivity index (χ2n) is 3.36. The van der Waals surface area contributed by atoms with Crippen molar-refractivity contribution < 1.29 is 9.90 Å². The molecular weight excluding hydrogens is 228 g/mol. The van der Waals surface area contributed by atoms with Crippen LogP contribution in [0.4, 0.5) is 0 Å². The van der Waals surface area contributed by atoms with Crippen molar-refractivity contribution in [1.29, 1.82) is 0 Å². The second-order valence-corrected chi connectivity index (χ2v) is 3.76. The third kappa shape index (κ3) is 1.67. The van der Waals surface area contributed by atoms with Crippen molar-refractivity contribution in [3.8, 4) is 11.3 Å². The van der Waals surface area contributed by atoms with E-state index in [0.29, 0.717) is 22.0 Å². The van der Waals surface area contributed by atoms with Crippen molar-refractivity contribution in [2.24, 2.45) is 0 Å². The number of nitrogens with one attached hydrogen (secondary N) is 1. The number of carboxylic acid groups (broad SMARTS) is 1. The average Bonchev–Trinajstić information content (AvgIpc) is 2.61. The highest BCUT2D eigenvalue weighted by molar-refractivity contribution is 6.33. The molecule has 1 aromatic carbocycles. The van der Waals surface area contributed by atoms with Crippen LogP contribution in [-0.2, 0) is 0 Å². The monoisotopic (exact) mass is 236 g/mol. The first-order chi connectivity index (χ1) is 7.61.